The summed E-state index contributed by atoms with van der Waals surface area (Å²) < 4.78 is 4.74. The lowest BCUT2D eigenvalue weighted by Gasteiger charge is -2.02. The third-order valence-corrected chi connectivity index (χ3v) is 2.39. The lowest BCUT2D eigenvalue weighted by molar-refractivity contribution is 0.0584. The molecule has 1 aromatic carbocycles. The number of ether oxygens (including phenoxy) is 1. The zero-order valence-corrected chi connectivity index (χ0v) is 10.0. The Bertz CT molecular complexity index is 689. The molecule has 0 amide bonds. The van der Waals surface area contributed by atoms with Gasteiger partial charge in [0.15, 0.2) is 0 Å². The minimum Gasteiger partial charge on any atom is -0.450 e. The van der Waals surface area contributed by atoms with Crippen molar-refractivity contribution in [2.45, 2.75) is 0 Å². The van der Waals surface area contributed by atoms with Gasteiger partial charge in [0.05, 0.1) is 16.5 Å². The highest BCUT2D eigenvalue weighted by Crippen LogP contribution is 2.10. The maximum Gasteiger partial charge on any atom is 0.339 e. The molecular weight excluding hydrogens is 292 g/mol. The molecule has 2 aromatic rings. The lowest BCUT2D eigenvalue weighted by Crippen LogP contribution is -2.22. The van der Waals surface area contributed by atoms with Gasteiger partial charge in [0.1, 0.15) is 5.52 Å². The quantitative estimate of drug-likeness (QED) is 0.631. The van der Waals surface area contributed by atoms with Crippen LogP contribution in [0, 0.1) is 0 Å². The second-order valence-electron chi connectivity index (χ2n) is 3.21. The van der Waals surface area contributed by atoms with E-state index in [-0.39, 0.29) is 11.1 Å². The van der Waals surface area contributed by atoms with Gasteiger partial charge in [-0.15, -0.1) is 0 Å². The molecule has 2 N–H and O–H groups in total. The van der Waals surface area contributed by atoms with Crippen molar-refractivity contribution in [2.24, 2.45) is 0 Å². The Labute approximate surface area is 103 Å². The SMILES string of the molecule is O=C(OCBr)c1ccc2c(=O)[nH]c(=O)[nH]c2c1. The van der Waals surface area contributed by atoms with Gasteiger partial charge in [-0.2, -0.15) is 0 Å². The molecule has 2 rings (SSSR count). The maximum absolute atomic E-state index is 11.4. The van der Waals surface area contributed by atoms with E-state index >= 15 is 0 Å². The van der Waals surface area contributed by atoms with E-state index in [1.54, 1.807) is 0 Å². The minimum absolute atomic E-state index is 0.0791. The van der Waals surface area contributed by atoms with Crippen molar-refractivity contribution in [1.82, 2.24) is 9.97 Å². The first kappa shape index (κ1) is 11.6. The molecule has 6 nitrogen and oxygen atoms in total. The summed E-state index contributed by atoms with van der Waals surface area (Å²) in [6.07, 6.45) is 0. The highest BCUT2D eigenvalue weighted by Gasteiger charge is 2.08. The average molecular weight is 299 g/mol. The summed E-state index contributed by atoms with van der Waals surface area (Å²) in [4.78, 5) is 38.4. The number of carbonyl (C=O) groups is 1. The molecule has 0 bridgehead atoms. The van der Waals surface area contributed by atoms with Crippen LogP contribution in [0.4, 0.5) is 0 Å². The summed E-state index contributed by atoms with van der Waals surface area (Å²) in [6.45, 7) is 0. The third-order valence-electron chi connectivity index (χ3n) is 2.16. The van der Waals surface area contributed by atoms with Crippen LogP contribution in [0.2, 0.25) is 0 Å². The van der Waals surface area contributed by atoms with Crippen molar-refractivity contribution in [1.29, 1.82) is 0 Å². The first-order valence-corrected chi connectivity index (χ1v) is 5.73. The number of halogens is 1. The number of rotatable bonds is 2. The predicted molar refractivity (Wildman–Crippen MR) is 64.4 cm³/mol. The van der Waals surface area contributed by atoms with Crippen LogP contribution in [0.15, 0.2) is 27.8 Å². The smallest absolute Gasteiger partial charge is 0.339 e. The Balaban J connectivity index is 2.62. The number of H-pyrrole nitrogens is 2. The molecule has 0 saturated heterocycles. The molecule has 1 heterocycles. The van der Waals surface area contributed by atoms with Gasteiger partial charge in [-0.3, -0.25) is 9.78 Å². The second-order valence-corrected chi connectivity index (χ2v) is 3.67. The lowest BCUT2D eigenvalue weighted by atomic mass is 10.1. The van der Waals surface area contributed by atoms with Crippen molar-refractivity contribution in [3.63, 3.8) is 0 Å². The van der Waals surface area contributed by atoms with E-state index in [0.29, 0.717) is 10.9 Å². The Kier molecular flexibility index (Phi) is 3.10. The number of benzene rings is 1. The average Bonchev–Trinajstić information content (AvgIpc) is 2.28. The van der Waals surface area contributed by atoms with Crippen LogP contribution < -0.4 is 11.2 Å². The number of hydrogen-bond acceptors (Lipinski definition) is 4. The van der Waals surface area contributed by atoms with Crippen molar-refractivity contribution in [3.05, 3.63) is 44.6 Å². The van der Waals surface area contributed by atoms with Crippen molar-refractivity contribution in [3.8, 4) is 0 Å². The summed E-state index contributed by atoms with van der Waals surface area (Å²) in [5.41, 5.74) is -0.478. The number of esters is 1. The van der Waals surface area contributed by atoms with Gasteiger partial charge in [-0.05, 0) is 34.1 Å². The molecule has 0 fully saturated rings. The Morgan fingerprint density at radius 2 is 2.06 bits per heavy atom. The van der Waals surface area contributed by atoms with Gasteiger partial charge in [-0.1, -0.05) is 0 Å². The van der Waals surface area contributed by atoms with Crippen molar-refractivity contribution in [2.75, 3.05) is 5.52 Å². The van der Waals surface area contributed by atoms with Gasteiger partial charge in [0.25, 0.3) is 5.56 Å². The fraction of sp³-hybridized carbons (Fsp3) is 0.100. The fourth-order valence-electron chi connectivity index (χ4n) is 1.43. The summed E-state index contributed by atoms with van der Waals surface area (Å²) in [7, 11) is 0. The van der Waals surface area contributed by atoms with Gasteiger partial charge in [-0.25, -0.2) is 9.59 Å². The summed E-state index contributed by atoms with van der Waals surface area (Å²) in [6, 6.07) is 4.31. The monoisotopic (exact) mass is 298 g/mol. The molecule has 88 valence electrons. The van der Waals surface area contributed by atoms with Crippen LogP contribution in [-0.2, 0) is 4.74 Å². The molecule has 0 unspecified atom stereocenters. The topological polar surface area (TPSA) is 92.0 Å². The highest BCUT2D eigenvalue weighted by molar-refractivity contribution is 9.09. The molecule has 0 atom stereocenters. The molecule has 1 aromatic heterocycles. The largest absolute Gasteiger partial charge is 0.450 e. The number of aromatic amines is 2. The molecule has 0 spiro atoms. The number of nitrogens with one attached hydrogen (secondary N) is 2. The fourth-order valence-corrected chi connectivity index (χ4v) is 1.64. The Hall–Kier alpha value is -1.89. The number of hydrogen-bond donors (Lipinski definition) is 2. The number of alkyl halides is 1. The molecule has 0 saturated carbocycles. The minimum atomic E-state index is -0.617. The number of fused-ring (bicyclic) bond motifs is 1. The van der Waals surface area contributed by atoms with E-state index in [9.17, 15) is 14.4 Å². The van der Waals surface area contributed by atoms with E-state index in [4.69, 9.17) is 4.74 Å². The molecular formula is C10H7BrN2O4. The first-order chi connectivity index (χ1) is 8.11. The number of carbonyl (C=O) groups excluding carboxylic acids is 1. The van der Waals surface area contributed by atoms with E-state index in [1.807, 2.05) is 0 Å². The van der Waals surface area contributed by atoms with Crippen LogP contribution in [0.1, 0.15) is 10.4 Å². The van der Waals surface area contributed by atoms with Crippen LogP contribution in [0.3, 0.4) is 0 Å². The Morgan fingerprint density at radius 1 is 1.29 bits per heavy atom. The molecule has 0 aliphatic rings. The maximum atomic E-state index is 11.4. The molecule has 0 aliphatic carbocycles. The van der Waals surface area contributed by atoms with Gasteiger partial charge < -0.3 is 9.72 Å². The van der Waals surface area contributed by atoms with E-state index in [1.165, 1.54) is 18.2 Å². The summed E-state index contributed by atoms with van der Waals surface area (Å²) >= 11 is 2.96. The van der Waals surface area contributed by atoms with Crippen LogP contribution in [0.25, 0.3) is 10.9 Å². The predicted octanol–water partition coefficient (Wildman–Crippen LogP) is 0.726. The zero-order valence-electron chi connectivity index (χ0n) is 8.45. The Morgan fingerprint density at radius 3 is 2.76 bits per heavy atom. The van der Waals surface area contributed by atoms with Gasteiger partial charge in [0.2, 0.25) is 0 Å². The van der Waals surface area contributed by atoms with E-state index in [0.717, 1.165) is 0 Å². The van der Waals surface area contributed by atoms with Crippen molar-refractivity contribution >= 4 is 32.8 Å². The summed E-state index contributed by atoms with van der Waals surface area (Å²) in [5.74, 6) is -0.537. The first-order valence-electron chi connectivity index (χ1n) is 4.61. The summed E-state index contributed by atoms with van der Waals surface area (Å²) in [5, 5.41) is 0.306. The van der Waals surface area contributed by atoms with Crippen molar-refractivity contribution < 1.29 is 9.53 Å². The van der Waals surface area contributed by atoms with Crippen LogP contribution in [-0.4, -0.2) is 21.5 Å². The zero-order chi connectivity index (χ0) is 12.4. The molecule has 0 aliphatic heterocycles. The van der Waals surface area contributed by atoms with Crippen LogP contribution >= 0.6 is 15.9 Å². The standard InChI is InChI=1S/C10H7BrN2O4/c11-4-17-9(15)5-1-2-6-7(3-5)12-10(16)13-8(6)14/h1-3H,4H2,(H2,12,13,14,16). The number of aromatic nitrogens is 2. The second kappa shape index (κ2) is 4.54. The van der Waals surface area contributed by atoms with Gasteiger partial charge >= 0.3 is 11.7 Å². The highest BCUT2D eigenvalue weighted by atomic mass is 79.9. The third kappa shape index (κ3) is 2.28. The van der Waals surface area contributed by atoms with E-state index < -0.39 is 17.2 Å². The normalized spacial score (nSPS) is 10.4. The molecule has 7 heteroatoms. The van der Waals surface area contributed by atoms with Crippen LogP contribution in [0.5, 0.6) is 0 Å². The van der Waals surface area contributed by atoms with E-state index in [2.05, 4.69) is 25.9 Å². The molecule has 0 radical (unpaired) electrons. The molecule has 17 heavy (non-hydrogen) atoms. The van der Waals surface area contributed by atoms with Gasteiger partial charge in [0, 0.05) is 0 Å².